The zero-order valence-corrected chi connectivity index (χ0v) is 6.52. The van der Waals surface area contributed by atoms with Crippen LogP contribution in [0.15, 0.2) is 0 Å². The smallest absolute Gasteiger partial charge is 0.0470 e. The van der Waals surface area contributed by atoms with Crippen molar-refractivity contribution < 1.29 is 9.90 Å². The van der Waals surface area contributed by atoms with Gasteiger partial charge >= 0.3 is 0 Å². The molecule has 0 aliphatic heterocycles. The van der Waals surface area contributed by atoms with Crippen molar-refractivity contribution in [2.45, 2.75) is 27.2 Å². The molecule has 0 atom stereocenters. The molecule has 0 saturated carbocycles. The predicted molar refractivity (Wildman–Crippen MR) is 35.1 cm³/mol. The van der Waals surface area contributed by atoms with Gasteiger partial charge in [0.25, 0.3) is 0 Å². The van der Waals surface area contributed by atoms with Crippen molar-refractivity contribution >= 4 is 5.97 Å². The Hall–Kier alpha value is -0.570. The van der Waals surface area contributed by atoms with E-state index < -0.39 is 11.4 Å². The summed E-state index contributed by atoms with van der Waals surface area (Å²) in [6.45, 7) is 5.14. The lowest BCUT2D eigenvalue weighted by atomic mass is 9.91. The van der Waals surface area contributed by atoms with Crippen LogP contribution in [-0.2, 0) is 4.79 Å². The van der Waals surface area contributed by atoms with Crippen LogP contribution in [0, 0.1) is 5.41 Å². The van der Waals surface area contributed by atoms with E-state index in [2.05, 4.69) is 0 Å². The lowest BCUT2D eigenvalue weighted by molar-refractivity contribution is -0.317. The molecule has 0 unspecified atom stereocenters. The highest BCUT2D eigenvalue weighted by molar-refractivity contribution is 5.71. The van der Waals surface area contributed by atoms with E-state index in [1.54, 1.807) is 13.8 Å². The number of carboxylic acid groups (broad SMARTS) is 1. The molecule has 0 aromatic rings. The molecule has 0 aromatic heterocycles. The molecule has 0 aromatic carbocycles. The van der Waals surface area contributed by atoms with Gasteiger partial charge < -0.3 is 16.1 Å². The van der Waals surface area contributed by atoms with Crippen molar-refractivity contribution in [3.8, 4) is 0 Å². The largest absolute Gasteiger partial charge is 0.550 e. The summed E-state index contributed by atoms with van der Waals surface area (Å²) in [6.07, 6.45) is 0.620. The number of rotatable bonds is 2. The van der Waals surface area contributed by atoms with Crippen LogP contribution in [-0.4, -0.2) is 5.97 Å². The number of hydrogen-bond acceptors (Lipinski definition) is 2. The molecule has 9 heavy (non-hydrogen) atoms. The van der Waals surface area contributed by atoms with Crippen LogP contribution in [0.2, 0.25) is 0 Å². The van der Waals surface area contributed by atoms with E-state index in [1.807, 2.05) is 6.92 Å². The molecule has 0 amide bonds. The monoisotopic (exact) mass is 133 g/mol. The fourth-order valence-electron chi connectivity index (χ4n) is 0.144. The highest BCUT2D eigenvalue weighted by atomic mass is 16.4. The molecule has 0 spiro atoms. The molecule has 0 rings (SSSR count). The minimum atomic E-state index is -0.972. The predicted octanol–water partition coefficient (Wildman–Crippen LogP) is 0.549. The first-order chi connectivity index (χ1) is 3.50. The number of carboxylic acids is 1. The summed E-state index contributed by atoms with van der Waals surface area (Å²) in [4.78, 5) is 10.1. The van der Waals surface area contributed by atoms with Gasteiger partial charge in [-0.25, -0.2) is 0 Å². The van der Waals surface area contributed by atoms with Gasteiger partial charge in [0.05, 0.1) is 0 Å². The van der Waals surface area contributed by atoms with Gasteiger partial charge in [-0.05, 0) is 6.42 Å². The molecule has 3 heteroatoms. The maximum atomic E-state index is 10.1. The highest BCUT2D eigenvalue weighted by Gasteiger charge is 2.14. The Bertz CT molecular complexity index is 99.2. The van der Waals surface area contributed by atoms with Crippen molar-refractivity contribution in [1.29, 1.82) is 0 Å². The summed E-state index contributed by atoms with van der Waals surface area (Å²) < 4.78 is 0. The van der Waals surface area contributed by atoms with Gasteiger partial charge in [-0.2, -0.15) is 0 Å². The maximum absolute atomic E-state index is 10.1. The van der Waals surface area contributed by atoms with Gasteiger partial charge in [-0.3, -0.25) is 0 Å². The Balaban J connectivity index is 0. The number of aliphatic carboxylic acids is 1. The quantitative estimate of drug-likeness (QED) is 0.597. The van der Waals surface area contributed by atoms with Crippen LogP contribution in [0.5, 0.6) is 0 Å². The average Bonchev–Trinajstić information content (AvgIpc) is 1.67. The third kappa shape index (κ3) is 3.08. The Morgan fingerprint density at radius 2 is 1.89 bits per heavy atom. The number of hydrogen-bond donors (Lipinski definition) is 1. The molecule has 0 heterocycles. The first-order valence-electron chi connectivity index (χ1n) is 2.72. The van der Waals surface area contributed by atoms with Crippen LogP contribution in [0.3, 0.4) is 0 Å². The summed E-state index contributed by atoms with van der Waals surface area (Å²) in [5, 5.41) is 10.1. The van der Waals surface area contributed by atoms with E-state index in [0.717, 1.165) is 0 Å². The van der Waals surface area contributed by atoms with Crippen molar-refractivity contribution in [1.82, 2.24) is 6.15 Å². The van der Waals surface area contributed by atoms with E-state index in [4.69, 9.17) is 0 Å². The zero-order valence-electron chi connectivity index (χ0n) is 6.52. The molecule has 0 aliphatic rings. The Morgan fingerprint density at radius 1 is 1.56 bits per heavy atom. The van der Waals surface area contributed by atoms with Gasteiger partial charge in [0.1, 0.15) is 0 Å². The molecule has 0 aliphatic carbocycles. The third-order valence-corrected chi connectivity index (χ3v) is 1.44. The Morgan fingerprint density at radius 3 is 1.89 bits per heavy atom. The SMILES string of the molecule is CCC(C)(C)C(=O)[O-].[NH4+]. The van der Waals surface area contributed by atoms with Gasteiger partial charge in [0, 0.05) is 11.4 Å². The van der Waals surface area contributed by atoms with Gasteiger partial charge in [0.15, 0.2) is 0 Å². The number of carbonyl (C=O) groups is 1. The van der Waals surface area contributed by atoms with Gasteiger partial charge in [-0.1, -0.05) is 20.8 Å². The second-order valence-electron chi connectivity index (χ2n) is 2.52. The number of quaternary nitrogens is 1. The van der Waals surface area contributed by atoms with Crippen molar-refractivity contribution in [3.63, 3.8) is 0 Å². The standard InChI is InChI=1S/C6H12O2.H3N/c1-4-6(2,3)5(7)8;/h4H2,1-3H3,(H,7,8);1H3. The van der Waals surface area contributed by atoms with Crippen LogP contribution in [0.1, 0.15) is 27.2 Å². The number of carbonyl (C=O) groups excluding carboxylic acids is 1. The average molecular weight is 133 g/mol. The molecule has 0 saturated heterocycles. The first kappa shape index (κ1) is 11.3. The molecule has 0 bridgehead atoms. The minimum absolute atomic E-state index is 0. The normalized spacial score (nSPS) is 10.1. The summed E-state index contributed by atoms with van der Waals surface area (Å²) in [7, 11) is 0. The summed E-state index contributed by atoms with van der Waals surface area (Å²) in [6, 6.07) is 0. The summed E-state index contributed by atoms with van der Waals surface area (Å²) in [5.74, 6) is -0.972. The van der Waals surface area contributed by atoms with E-state index in [9.17, 15) is 9.90 Å². The van der Waals surface area contributed by atoms with Crippen molar-refractivity contribution in [3.05, 3.63) is 0 Å². The van der Waals surface area contributed by atoms with E-state index >= 15 is 0 Å². The molecule has 56 valence electrons. The van der Waals surface area contributed by atoms with E-state index in [-0.39, 0.29) is 6.15 Å². The van der Waals surface area contributed by atoms with Gasteiger partial charge in [0.2, 0.25) is 0 Å². The topological polar surface area (TPSA) is 76.6 Å². The Labute approximate surface area is 55.7 Å². The maximum Gasteiger partial charge on any atom is 0.0470 e. The lowest BCUT2D eigenvalue weighted by Crippen LogP contribution is -2.37. The van der Waals surface area contributed by atoms with Crippen LogP contribution < -0.4 is 11.3 Å². The first-order valence-corrected chi connectivity index (χ1v) is 2.72. The summed E-state index contributed by atoms with van der Waals surface area (Å²) >= 11 is 0. The fraction of sp³-hybridized carbons (Fsp3) is 0.833. The van der Waals surface area contributed by atoms with Crippen molar-refractivity contribution in [2.24, 2.45) is 5.41 Å². The van der Waals surface area contributed by atoms with Crippen molar-refractivity contribution in [2.75, 3.05) is 0 Å². The molecule has 0 radical (unpaired) electrons. The molecule has 3 nitrogen and oxygen atoms in total. The van der Waals surface area contributed by atoms with Gasteiger partial charge in [-0.15, -0.1) is 0 Å². The highest BCUT2D eigenvalue weighted by Crippen LogP contribution is 2.17. The second kappa shape index (κ2) is 3.45. The van der Waals surface area contributed by atoms with E-state index in [1.165, 1.54) is 0 Å². The molecule has 0 fully saturated rings. The molecular weight excluding hydrogens is 118 g/mol. The minimum Gasteiger partial charge on any atom is -0.550 e. The van der Waals surface area contributed by atoms with Crippen LogP contribution in [0.4, 0.5) is 0 Å². The zero-order chi connectivity index (χ0) is 6.78. The van der Waals surface area contributed by atoms with Crippen LogP contribution >= 0.6 is 0 Å². The summed E-state index contributed by atoms with van der Waals surface area (Å²) in [5.41, 5.74) is -0.653. The third-order valence-electron chi connectivity index (χ3n) is 1.44. The lowest BCUT2D eigenvalue weighted by Gasteiger charge is -2.22. The molecule has 4 N–H and O–H groups in total. The molecular formula is C6H15NO2. The van der Waals surface area contributed by atoms with Crippen LogP contribution in [0.25, 0.3) is 0 Å². The van der Waals surface area contributed by atoms with E-state index in [0.29, 0.717) is 6.42 Å². The second-order valence-corrected chi connectivity index (χ2v) is 2.52. The fourth-order valence-corrected chi connectivity index (χ4v) is 0.144. The Kier molecular flexibility index (Phi) is 4.32.